The van der Waals surface area contributed by atoms with E-state index >= 15 is 0 Å². The zero-order valence-electron chi connectivity index (χ0n) is 11.6. The van der Waals surface area contributed by atoms with Crippen LogP contribution in [0.1, 0.15) is 18.7 Å². The van der Waals surface area contributed by atoms with Gasteiger partial charge in [0.05, 0.1) is 6.61 Å². The third kappa shape index (κ3) is 4.33. The highest BCUT2D eigenvalue weighted by Gasteiger charge is 2.14. The number of nitrogens with zero attached hydrogens (tertiary/aromatic N) is 2. The summed E-state index contributed by atoms with van der Waals surface area (Å²) in [4.78, 5) is 8.75. The zero-order valence-corrected chi connectivity index (χ0v) is 11.6. The van der Waals surface area contributed by atoms with Crippen LogP contribution in [0.5, 0.6) is 0 Å². The average molecular weight is 266 g/mol. The van der Waals surface area contributed by atoms with Gasteiger partial charge in [-0.2, -0.15) is 0 Å². The molecule has 2 rings (SSSR count). The van der Waals surface area contributed by atoms with E-state index in [-0.39, 0.29) is 0 Å². The second-order valence-corrected chi connectivity index (χ2v) is 4.70. The molecule has 0 bridgehead atoms. The molecule has 0 radical (unpaired) electrons. The molecule has 0 amide bonds. The van der Waals surface area contributed by atoms with Gasteiger partial charge < -0.3 is 20.1 Å². The molecule has 0 spiro atoms. The molecule has 1 aromatic heterocycles. The highest BCUT2D eigenvalue weighted by molar-refractivity contribution is 5.47. The third-order valence-corrected chi connectivity index (χ3v) is 3.13. The van der Waals surface area contributed by atoms with Gasteiger partial charge in [0.25, 0.3) is 0 Å². The Morgan fingerprint density at radius 1 is 1.42 bits per heavy atom. The first kappa shape index (κ1) is 14.0. The van der Waals surface area contributed by atoms with E-state index in [0.29, 0.717) is 18.3 Å². The lowest BCUT2D eigenvalue weighted by Gasteiger charge is -2.22. The summed E-state index contributed by atoms with van der Waals surface area (Å²) in [5, 5.41) is 6.39. The van der Waals surface area contributed by atoms with E-state index in [1.807, 2.05) is 13.1 Å². The minimum Gasteiger partial charge on any atom is -0.381 e. The highest BCUT2D eigenvalue weighted by atomic mass is 16.5. The van der Waals surface area contributed by atoms with Crippen molar-refractivity contribution in [3.63, 3.8) is 0 Å². The van der Waals surface area contributed by atoms with E-state index in [4.69, 9.17) is 9.47 Å². The Bertz CT molecular complexity index is 394. The van der Waals surface area contributed by atoms with E-state index in [2.05, 4.69) is 20.6 Å². The van der Waals surface area contributed by atoms with Gasteiger partial charge in [-0.05, 0) is 18.8 Å². The van der Waals surface area contributed by atoms with Gasteiger partial charge in [-0.3, -0.25) is 0 Å². The number of rotatable bonds is 6. The maximum absolute atomic E-state index is 5.47. The van der Waals surface area contributed by atoms with E-state index in [0.717, 1.165) is 37.8 Å². The number of nitrogens with one attached hydrogen (secondary N) is 2. The predicted octanol–water partition coefficient (Wildman–Crippen LogP) is 1.50. The number of aromatic nitrogens is 2. The molecule has 0 aliphatic carbocycles. The second kappa shape index (κ2) is 7.25. The Kier molecular flexibility index (Phi) is 5.35. The predicted molar refractivity (Wildman–Crippen MR) is 74.3 cm³/mol. The summed E-state index contributed by atoms with van der Waals surface area (Å²) < 4.78 is 10.5. The van der Waals surface area contributed by atoms with Crippen LogP contribution in [0.2, 0.25) is 0 Å². The summed E-state index contributed by atoms with van der Waals surface area (Å²) in [7, 11) is 3.49. The first-order valence-corrected chi connectivity index (χ1v) is 6.68. The van der Waals surface area contributed by atoms with Crippen molar-refractivity contribution in [2.24, 2.45) is 5.92 Å². The van der Waals surface area contributed by atoms with Gasteiger partial charge in [-0.1, -0.05) is 0 Å². The molecule has 1 unspecified atom stereocenters. The minimum atomic E-state index is 0.413. The van der Waals surface area contributed by atoms with Crippen LogP contribution in [-0.2, 0) is 16.1 Å². The molecule has 6 heteroatoms. The molecule has 0 saturated carbocycles. The molecule has 1 saturated heterocycles. The van der Waals surface area contributed by atoms with Crippen LogP contribution >= 0.6 is 0 Å². The molecule has 1 fully saturated rings. The topological polar surface area (TPSA) is 68.3 Å². The molecule has 1 aliphatic heterocycles. The standard InChI is InChI=1S/C13H22N4O2/c1-14-11-6-12(17-13(16-11)9-18-2)15-7-10-4-3-5-19-8-10/h6,10H,3-5,7-9H2,1-2H3,(H2,14,15,16,17). The van der Waals surface area contributed by atoms with E-state index in [9.17, 15) is 0 Å². The number of anilines is 2. The lowest BCUT2D eigenvalue weighted by atomic mass is 10.0. The Morgan fingerprint density at radius 3 is 2.95 bits per heavy atom. The van der Waals surface area contributed by atoms with Gasteiger partial charge in [0.15, 0.2) is 5.82 Å². The summed E-state index contributed by atoms with van der Waals surface area (Å²) in [6.45, 7) is 3.02. The van der Waals surface area contributed by atoms with Crippen molar-refractivity contribution in [2.45, 2.75) is 19.4 Å². The second-order valence-electron chi connectivity index (χ2n) is 4.70. The smallest absolute Gasteiger partial charge is 0.158 e. The number of hydrogen-bond acceptors (Lipinski definition) is 6. The molecular weight excluding hydrogens is 244 g/mol. The largest absolute Gasteiger partial charge is 0.381 e. The summed E-state index contributed by atoms with van der Waals surface area (Å²) in [6.07, 6.45) is 2.36. The van der Waals surface area contributed by atoms with Crippen molar-refractivity contribution < 1.29 is 9.47 Å². The highest BCUT2D eigenvalue weighted by Crippen LogP contribution is 2.16. The molecule has 19 heavy (non-hydrogen) atoms. The average Bonchev–Trinajstić information content (AvgIpc) is 2.46. The molecule has 2 N–H and O–H groups in total. The van der Waals surface area contributed by atoms with Crippen LogP contribution in [0.15, 0.2) is 6.07 Å². The van der Waals surface area contributed by atoms with Crippen LogP contribution in [-0.4, -0.2) is 43.9 Å². The van der Waals surface area contributed by atoms with Gasteiger partial charge in [-0.25, -0.2) is 9.97 Å². The Balaban J connectivity index is 1.95. The Hall–Kier alpha value is -1.40. The van der Waals surface area contributed by atoms with Crippen LogP contribution in [0.4, 0.5) is 11.6 Å². The molecule has 2 heterocycles. The molecule has 1 atom stereocenters. The summed E-state index contributed by atoms with van der Waals surface area (Å²) >= 11 is 0. The maximum atomic E-state index is 5.47. The summed E-state index contributed by atoms with van der Waals surface area (Å²) in [6, 6.07) is 1.91. The van der Waals surface area contributed by atoms with E-state index in [1.165, 1.54) is 6.42 Å². The van der Waals surface area contributed by atoms with Crippen LogP contribution < -0.4 is 10.6 Å². The molecular formula is C13H22N4O2. The van der Waals surface area contributed by atoms with Crippen molar-refractivity contribution in [1.82, 2.24) is 9.97 Å². The normalized spacial score (nSPS) is 19.2. The van der Waals surface area contributed by atoms with Crippen molar-refractivity contribution in [2.75, 3.05) is 44.5 Å². The quantitative estimate of drug-likeness (QED) is 0.813. The van der Waals surface area contributed by atoms with Crippen LogP contribution in [0.25, 0.3) is 0 Å². The molecule has 6 nitrogen and oxygen atoms in total. The number of methoxy groups -OCH3 is 1. The Morgan fingerprint density at radius 2 is 2.26 bits per heavy atom. The first-order chi connectivity index (χ1) is 9.31. The molecule has 106 valence electrons. The molecule has 1 aliphatic rings. The zero-order chi connectivity index (χ0) is 13.5. The third-order valence-electron chi connectivity index (χ3n) is 3.13. The van der Waals surface area contributed by atoms with Gasteiger partial charge in [0.2, 0.25) is 0 Å². The van der Waals surface area contributed by atoms with Gasteiger partial charge in [-0.15, -0.1) is 0 Å². The van der Waals surface area contributed by atoms with Crippen LogP contribution in [0, 0.1) is 5.92 Å². The van der Waals surface area contributed by atoms with Crippen molar-refractivity contribution in [3.8, 4) is 0 Å². The molecule has 1 aromatic rings. The summed E-state index contributed by atoms with van der Waals surface area (Å²) in [5.74, 6) is 2.87. The molecule has 0 aromatic carbocycles. The number of hydrogen-bond donors (Lipinski definition) is 2. The summed E-state index contributed by atoms with van der Waals surface area (Å²) in [5.41, 5.74) is 0. The first-order valence-electron chi connectivity index (χ1n) is 6.68. The fourth-order valence-electron chi connectivity index (χ4n) is 2.13. The maximum Gasteiger partial charge on any atom is 0.158 e. The lowest BCUT2D eigenvalue weighted by molar-refractivity contribution is 0.0595. The van der Waals surface area contributed by atoms with Gasteiger partial charge in [0.1, 0.15) is 18.2 Å². The van der Waals surface area contributed by atoms with Gasteiger partial charge >= 0.3 is 0 Å². The van der Waals surface area contributed by atoms with Gasteiger partial charge in [0, 0.05) is 33.4 Å². The van der Waals surface area contributed by atoms with Crippen molar-refractivity contribution >= 4 is 11.6 Å². The fourth-order valence-corrected chi connectivity index (χ4v) is 2.13. The monoisotopic (exact) mass is 266 g/mol. The SMILES string of the molecule is CNc1cc(NCC2CCCOC2)nc(COC)n1. The van der Waals surface area contributed by atoms with E-state index < -0.39 is 0 Å². The van der Waals surface area contributed by atoms with E-state index in [1.54, 1.807) is 7.11 Å². The minimum absolute atomic E-state index is 0.413. The lowest BCUT2D eigenvalue weighted by Crippen LogP contribution is -2.24. The Labute approximate surface area is 113 Å². The van der Waals surface area contributed by atoms with Crippen molar-refractivity contribution in [1.29, 1.82) is 0 Å². The van der Waals surface area contributed by atoms with Crippen molar-refractivity contribution in [3.05, 3.63) is 11.9 Å². The van der Waals surface area contributed by atoms with Crippen LogP contribution in [0.3, 0.4) is 0 Å². The number of ether oxygens (including phenoxy) is 2. The fraction of sp³-hybridized carbons (Fsp3) is 0.692.